The Labute approximate surface area is 42.8 Å². The molecule has 0 N–H and O–H groups in total. The van der Waals surface area contributed by atoms with Crippen LogP contribution in [-0.4, -0.2) is 7.11 Å². The second kappa shape index (κ2) is 2.61. The lowest BCUT2D eigenvalue weighted by Crippen LogP contribution is -1.79. The van der Waals surface area contributed by atoms with E-state index in [0.717, 1.165) is 0 Å². The molecule has 0 aromatic rings. The van der Waals surface area contributed by atoms with Crippen LogP contribution in [0.3, 0.4) is 0 Å². The molecule has 42 valence electrons. The van der Waals surface area contributed by atoms with Gasteiger partial charge in [-0.25, -0.2) is 4.39 Å². The van der Waals surface area contributed by atoms with Gasteiger partial charge in [-0.15, -0.1) is 0 Å². The van der Waals surface area contributed by atoms with Crippen molar-refractivity contribution in [3.8, 4) is 0 Å². The van der Waals surface area contributed by atoms with Crippen molar-refractivity contribution in [1.82, 2.24) is 0 Å². The summed E-state index contributed by atoms with van der Waals surface area (Å²) in [5, 5.41) is 0. The lowest BCUT2D eigenvalue weighted by molar-refractivity contribution is 0.277. The van der Waals surface area contributed by atoms with Crippen LogP contribution in [0.1, 0.15) is 13.8 Å². The van der Waals surface area contributed by atoms with Crippen molar-refractivity contribution in [2.75, 3.05) is 7.11 Å². The Bertz CT molecular complexity index is 82.1. The van der Waals surface area contributed by atoms with Gasteiger partial charge in [0.2, 0.25) is 0 Å². The molecular weight excluding hydrogens is 95.1 g/mol. The zero-order chi connectivity index (χ0) is 5.86. The third kappa shape index (κ3) is 2.20. The topological polar surface area (TPSA) is 9.23 Å². The van der Waals surface area contributed by atoms with E-state index >= 15 is 0 Å². The lowest BCUT2D eigenvalue weighted by Gasteiger charge is -1.95. The predicted octanol–water partition coefficient (Wildman–Crippen LogP) is 1.85. The van der Waals surface area contributed by atoms with E-state index in [-0.39, 0.29) is 5.83 Å². The van der Waals surface area contributed by atoms with Gasteiger partial charge in [-0.2, -0.15) is 0 Å². The van der Waals surface area contributed by atoms with E-state index in [1.54, 1.807) is 6.92 Å². The summed E-state index contributed by atoms with van der Waals surface area (Å²) in [6.07, 6.45) is 0. The highest BCUT2D eigenvalue weighted by atomic mass is 19.1. The summed E-state index contributed by atoms with van der Waals surface area (Å²) in [5.74, 6) is 0.0856. The first-order valence-corrected chi connectivity index (χ1v) is 2.05. The molecule has 0 aromatic carbocycles. The maximum Gasteiger partial charge on any atom is 0.134 e. The molecule has 0 spiro atoms. The number of hydrogen-bond acceptors (Lipinski definition) is 1. The Morgan fingerprint density at radius 2 is 1.86 bits per heavy atom. The molecule has 7 heavy (non-hydrogen) atoms. The zero-order valence-electron chi connectivity index (χ0n) is 4.79. The quantitative estimate of drug-likeness (QED) is 0.461. The van der Waals surface area contributed by atoms with Crippen molar-refractivity contribution in [2.24, 2.45) is 0 Å². The molecule has 0 unspecified atom stereocenters. The molecule has 0 atom stereocenters. The number of allylic oxidation sites excluding steroid dienone is 2. The molecule has 0 fully saturated rings. The standard InChI is InChI=1S/C5H9FO/c1-4(6)5(2)7-3/h1-3H3/b5-4-. The highest BCUT2D eigenvalue weighted by Crippen LogP contribution is 2.02. The van der Waals surface area contributed by atoms with Gasteiger partial charge in [-0.05, 0) is 13.8 Å². The first-order valence-electron chi connectivity index (χ1n) is 2.05. The van der Waals surface area contributed by atoms with E-state index in [9.17, 15) is 4.39 Å². The summed E-state index contributed by atoms with van der Waals surface area (Å²) in [5.41, 5.74) is 0. The second-order valence-electron chi connectivity index (χ2n) is 1.29. The third-order valence-electron chi connectivity index (χ3n) is 0.791. The average molecular weight is 104 g/mol. The van der Waals surface area contributed by atoms with Crippen LogP contribution in [0.15, 0.2) is 11.6 Å². The lowest BCUT2D eigenvalue weighted by atomic mass is 10.5. The molecular formula is C5H9FO. The van der Waals surface area contributed by atoms with Crippen LogP contribution in [0.5, 0.6) is 0 Å². The van der Waals surface area contributed by atoms with E-state index in [1.165, 1.54) is 14.0 Å². The molecule has 1 nitrogen and oxygen atoms in total. The van der Waals surface area contributed by atoms with Gasteiger partial charge in [0.15, 0.2) is 0 Å². The number of hydrogen-bond donors (Lipinski definition) is 0. The van der Waals surface area contributed by atoms with Gasteiger partial charge in [0.25, 0.3) is 0 Å². The zero-order valence-corrected chi connectivity index (χ0v) is 4.79. The van der Waals surface area contributed by atoms with E-state index in [2.05, 4.69) is 4.74 Å². The van der Waals surface area contributed by atoms with Crippen LogP contribution in [0.2, 0.25) is 0 Å². The number of rotatable bonds is 1. The van der Waals surface area contributed by atoms with Gasteiger partial charge in [-0.3, -0.25) is 0 Å². The predicted molar refractivity (Wildman–Crippen MR) is 26.5 cm³/mol. The normalized spacial score (nSPS) is 13.1. The number of halogens is 1. The Morgan fingerprint density at radius 3 is 1.86 bits per heavy atom. The summed E-state index contributed by atoms with van der Waals surface area (Å²) in [7, 11) is 1.44. The molecule has 0 aliphatic rings. The largest absolute Gasteiger partial charge is 0.499 e. The van der Waals surface area contributed by atoms with Gasteiger partial charge in [-0.1, -0.05) is 0 Å². The fourth-order valence-electron chi connectivity index (χ4n) is 0.141. The van der Waals surface area contributed by atoms with Gasteiger partial charge in [0.1, 0.15) is 11.6 Å². The molecule has 0 saturated heterocycles. The van der Waals surface area contributed by atoms with Gasteiger partial charge in [0, 0.05) is 0 Å². The van der Waals surface area contributed by atoms with Crippen LogP contribution >= 0.6 is 0 Å². The fourth-order valence-corrected chi connectivity index (χ4v) is 0.141. The Hall–Kier alpha value is -0.530. The molecule has 0 aliphatic carbocycles. The SMILES string of the molecule is CO/C(C)=C(/C)F. The summed E-state index contributed by atoms with van der Waals surface area (Å²) >= 11 is 0. The Kier molecular flexibility index (Phi) is 2.41. The molecule has 2 heteroatoms. The minimum Gasteiger partial charge on any atom is -0.499 e. The van der Waals surface area contributed by atoms with Crippen molar-refractivity contribution in [3.63, 3.8) is 0 Å². The first-order chi connectivity index (χ1) is 3.18. The van der Waals surface area contributed by atoms with Crippen molar-refractivity contribution in [3.05, 3.63) is 11.6 Å². The first kappa shape index (κ1) is 6.47. The van der Waals surface area contributed by atoms with Gasteiger partial charge >= 0.3 is 0 Å². The van der Waals surface area contributed by atoms with E-state index in [0.29, 0.717) is 5.76 Å². The molecule has 0 rings (SSSR count). The Morgan fingerprint density at radius 1 is 1.43 bits per heavy atom. The molecule has 0 aliphatic heterocycles. The molecule has 0 bridgehead atoms. The van der Waals surface area contributed by atoms with E-state index < -0.39 is 0 Å². The van der Waals surface area contributed by atoms with Crippen molar-refractivity contribution < 1.29 is 9.13 Å². The minimum absolute atomic E-state index is 0.262. The molecule has 0 radical (unpaired) electrons. The van der Waals surface area contributed by atoms with E-state index in [4.69, 9.17) is 0 Å². The Balaban J connectivity index is 3.72. The molecule has 0 heterocycles. The average Bonchev–Trinajstić information content (AvgIpc) is 1.65. The van der Waals surface area contributed by atoms with Crippen LogP contribution < -0.4 is 0 Å². The number of ether oxygens (including phenoxy) is 1. The van der Waals surface area contributed by atoms with Crippen LogP contribution in [0.25, 0.3) is 0 Å². The molecule has 0 aromatic heterocycles. The van der Waals surface area contributed by atoms with Crippen LogP contribution in [-0.2, 0) is 4.74 Å². The second-order valence-corrected chi connectivity index (χ2v) is 1.29. The maximum atomic E-state index is 11.8. The monoisotopic (exact) mass is 104 g/mol. The fraction of sp³-hybridized carbons (Fsp3) is 0.600. The minimum atomic E-state index is -0.262. The van der Waals surface area contributed by atoms with Crippen molar-refractivity contribution in [1.29, 1.82) is 0 Å². The number of methoxy groups -OCH3 is 1. The summed E-state index contributed by atoms with van der Waals surface area (Å²) in [6, 6.07) is 0. The summed E-state index contributed by atoms with van der Waals surface area (Å²) in [6.45, 7) is 2.94. The maximum absolute atomic E-state index is 11.8. The van der Waals surface area contributed by atoms with E-state index in [1.807, 2.05) is 0 Å². The smallest absolute Gasteiger partial charge is 0.134 e. The summed E-state index contributed by atoms with van der Waals surface area (Å²) < 4.78 is 16.4. The van der Waals surface area contributed by atoms with Crippen LogP contribution in [0.4, 0.5) is 4.39 Å². The van der Waals surface area contributed by atoms with Crippen molar-refractivity contribution >= 4 is 0 Å². The molecule has 0 amide bonds. The van der Waals surface area contributed by atoms with Crippen molar-refractivity contribution in [2.45, 2.75) is 13.8 Å². The van der Waals surface area contributed by atoms with Gasteiger partial charge < -0.3 is 4.74 Å². The van der Waals surface area contributed by atoms with Crippen LogP contribution in [0, 0.1) is 0 Å². The highest BCUT2D eigenvalue weighted by molar-refractivity contribution is 4.92. The summed E-state index contributed by atoms with van der Waals surface area (Å²) in [4.78, 5) is 0. The third-order valence-corrected chi connectivity index (χ3v) is 0.791. The molecule has 0 saturated carbocycles. The highest BCUT2D eigenvalue weighted by Gasteiger charge is 1.88. The van der Waals surface area contributed by atoms with Gasteiger partial charge in [0.05, 0.1) is 7.11 Å².